The summed E-state index contributed by atoms with van der Waals surface area (Å²) in [4.78, 5) is 38.4. The van der Waals surface area contributed by atoms with Crippen LogP contribution in [0.5, 0.6) is 0 Å². The Labute approximate surface area is 175 Å². The second-order valence-corrected chi connectivity index (χ2v) is 7.74. The van der Waals surface area contributed by atoms with Gasteiger partial charge in [0.1, 0.15) is 12.4 Å². The van der Waals surface area contributed by atoms with Gasteiger partial charge in [-0.1, -0.05) is 18.2 Å². The smallest absolute Gasteiger partial charge is 0.261 e. The number of aryl methyl sites for hydroxylation is 1. The monoisotopic (exact) mass is 406 g/mol. The fraction of sp³-hybridized carbons (Fsp3) is 0.364. The molecule has 1 fully saturated rings. The summed E-state index contributed by atoms with van der Waals surface area (Å²) < 4.78 is 1.34. The largest absolute Gasteiger partial charge is 0.354 e. The van der Waals surface area contributed by atoms with Gasteiger partial charge in [-0.05, 0) is 37.2 Å². The first-order chi connectivity index (χ1) is 14.5. The molecule has 1 saturated heterocycles. The summed E-state index contributed by atoms with van der Waals surface area (Å²) in [5.74, 6) is 0.719. The molecule has 4 rings (SSSR count). The van der Waals surface area contributed by atoms with Gasteiger partial charge in [0.05, 0.1) is 17.2 Å². The summed E-state index contributed by atoms with van der Waals surface area (Å²) in [6, 6.07) is 9.44. The maximum Gasteiger partial charge on any atom is 0.261 e. The third-order valence-corrected chi connectivity index (χ3v) is 5.50. The number of piperazine rings is 1. The van der Waals surface area contributed by atoms with Crippen molar-refractivity contribution in [3.05, 3.63) is 64.3 Å². The second kappa shape index (κ2) is 8.62. The molecule has 1 N–H and O–H groups in total. The molecule has 30 heavy (non-hydrogen) atoms. The zero-order chi connectivity index (χ0) is 21.1. The van der Waals surface area contributed by atoms with E-state index in [1.165, 1.54) is 10.9 Å². The van der Waals surface area contributed by atoms with Gasteiger partial charge >= 0.3 is 0 Å². The van der Waals surface area contributed by atoms with E-state index >= 15 is 0 Å². The number of nitrogens with zero attached hydrogens (tertiary/aromatic N) is 5. The van der Waals surface area contributed by atoms with E-state index in [1.54, 1.807) is 12.3 Å². The summed E-state index contributed by atoms with van der Waals surface area (Å²) in [6.45, 7) is 6.20. The molecule has 0 aliphatic carbocycles. The van der Waals surface area contributed by atoms with Crippen LogP contribution in [0.15, 0.2) is 47.7 Å². The van der Waals surface area contributed by atoms with Crippen molar-refractivity contribution < 1.29 is 4.79 Å². The van der Waals surface area contributed by atoms with Gasteiger partial charge in [0, 0.05) is 38.9 Å². The van der Waals surface area contributed by atoms with Crippen molar-refractivity contribution in [2.24, 2.45) is 0 Å². The lowest BCUT2D eigenvalue weighted by Gasteiger charge is -2.33. The molecule has 3 aromatic rings. The Kier molecular flexibility index (Phi) is 5.76. The number of benzene rings is 1. The Bertz CT molecular complexity index is 1100. The molecule has 0 atom stereocenters. The zero-order valence-electron chi connectivity index (χ0n) is 17.3. The Balaban J connectivity index is 1.35. The number of fused-ring (bicyclic) bond motifs is 1. The van der Waals surface area contributed by atoms with Crippen LogP contribution in [0.3, 0.4) is 0 Å². The molecule has 2 aromatic heterocycles. The van der Waals surface area contributed by atoms with Gasteiger partial charge in [0.2, 0.25) is 5.91 Å². The fourth-order valence-corrected chi connectivity index (χ4v) is 3.61. The molecule has 0 spiro atoms. The van der Waals surface area contributed by atoms with Crippen molar-refractivity contribution in [3.63, 3.8) is 0 Å². The molecule has 3 heterocycles. The van der Waals surface area contributed by atoms with E-state index in [0.29, 0.717) is 17.4 Å². The van der Waals surface area contributed by atoms with Crippen molar-refractivity contribution in [1.82, 2.24) is 24.8 Å². The maximum atomic E-state index is 12.6. The number of amides is 1. The van der Waals surface area contributed by atoms with Crippen molar-refractivity contribution in [2.45, 2.75) is 20.0 Å². The molecule has 0 saturated carbocycles. The van der Waals surface area contributed by atoms with E-state index in [4.69, 9.17) is 0 Å². The Morgan fingerprint density at radius 2 is 1.90 bits per heavy atom. The van der Waals surface area contributed by atoms with E-state index in [-0.39, 0.29) is 18.0 Å². The van der Waals surface area contributed by atoms with Crippen LogP contribution >= 0.6 is 0 Å². The molecular weight excluding hydrogens is 380 g/mol. The van der Waals surface area contributed by atoms with Crippen molar-refractivity contribution >= 4 is 22.6 Å². The topological polar surface area (TPSA) is 83.4 Å². The van der Waals surface area contributed by atoms with Crippen LogP contribution in [0, 0.1) is 6.92 Å². The summed E-state index contributed by atoms with van der Waals surface area (Å²) in [6.07, 6.45) is 3.23. The number of hydrogen-bond acceptors (Lipinski definition) is 6. The van der Waals surface area contributed by atoms with Crippen LogP contribution in [-0.4, -0.2) is 58.6 Å². The number of nitrogens with one attached hydrogen (secondary N) is 1. The number of carbonyl (C=O) groups excluding carboxylic acids is 1. The minimum atomic E-state index is -0.242. The summed E-state index contributed by atoms with van der Waals surface area (Å²) in [7, 11) is 2.12. The fourth-order valence-electron chi connectivity index (χ4n) is 3.61. The normalized spacial score (nSPS) is 14.8. The SMILES string of the molecule is Cc1cccc2c(=O)n(CC(=O)NCc3ccc(N4CCN(C)CC4)nc3)cnc12. The highest BCUT2D eigenvalue weighted by molar-refractivity contribution is 5.81. The van der Waals surface area contributed by atoms with Crippen LogP contribution < -0.4 is 15.8 Å². The average Bonchev–Trinajstić information content (AvgIpc) is 2.76. The minimum Gasteiger partial charge on any atom is -0.354 e. The second-order valence-electron chi connectivity index (χ2n) is 7.74. The summed E-state index contributed by atoms with van der Waals surface area (Å²) >= 11 is 0. The van der Waals surface area contributed by atoms with Crippen molar-refractivity contribution in [1.29, 1.82) is 0 Å². The van der Waals surface area contributed by atoms with Gasteiger partial charge in [-0.3, -0.25) is 14.2 Å². The predicted octanol–water partition coefficient (Wildman–Crippen LogP) is 1.17. The lowest BCUT2D eigenvalue weighted by Crippen LogP contribution is -2.44. The summed E-state index contributed by atoms with van der Waals surface area (Å²) in [5.41, 5.74) is 2.32. The molecule has 0 bridgehead atoms. The molecule has 1 amide bonds. The number of rotatable bonds is 5. The van der Waals surface area contributed by atoms with Crippen LogP contribution in [0.25, 0.3) is 10.9 Å². The molecule has 0 unspecified atom stereocenters. The number of hydrogen-bond donors (Lipinski definition) is 1. The highest BCUT2D eigenvalue weighted by Gasteiger charge is 2.15. The number of anilines is 1. The van der Waals surface area contributed by atoms with Crippen molar-refractivity contribution in [2.75, 3.05) is 38.1 Å². The highest BCUT2D eigenvalue weighted by atomic mass is 16.2. The van der Waals surface area contributed by atoms with Crippen LogP contribution in [-0.2, 0) is 17.9 Å². The van der Waals surface area contributed by atoms with Crippen LogP contribution in [0.1, 0.15) is 11.1 Å². The molecule has 1 aromatic carbocycles. The number of aromatic nitrogens is 3. The van der Waals surface area contributed by atoms with Gasteiger partial charge in [-0.2, -0.15) is 0 Å². The van der Waals surface area contributed by atoms with E-state index in [0.717, 1.165) is 43.1 Å². The van der Waals surface area contributed by atoms with E-state index in [2.05, 4.69) is 32.1 Å². The first-order valence-electron chi connectivity index (χ1n) is 10.1. The van der Waals surface area contributed by atoms with E-state index in [1.807, 2.05) is 31.2 Å². The highest BCUT2D eigenvalue weighted by Crippen LogP contribution is 2.14. The van der Waals surface area contributed by atoms with Crippen LogP contribution in [0.4, 0.5) is 5.82 Å². The van der Waals surface area contributed by atoms with E-state index in [9.17, 15) is 9.59 Å². The number of likely N-dealkylation sites (N-methyl/N-ethyl adjacent to an activating group) is 1. The lowest BCUT2D eigenvalue weighted by atomic mass is 10.1. The van der Waals surface area contributed by atoms with E-state index < -0.39 is 0 Å². The molecule has 8 nitrogen and oxygen atoms in total. The number of carbonyl (C=O) groups is 1. The molecule has 156 valence electrons. The van der Waals surface area contributed by atoms with Crippen molar-refractivity contribution in [3.8, 4) is 0 Å². The zero-order valence-corrected chi connectivity index (χ0v) is 17.3. The quantitative estimate of drug-likeness (QED) is 0.685. The Hall–Kier alpha value is -3.26. The van der Waals surface area contributed by atoms with Gasteiger partial charge in [0.15, 0.2) is 0 Å². The standard InChI is InChI=1S/C22H26N6O2/c1-16-4-3-5-18-21(16)25-15-28(22(18)30)14-20(29)24-13-17-6-7-19(23-12-17)27-10-8-26(2)9-11-27/h3-7,12,15H,8-11,13-14H2,1-2H3,(H,24,29). The predicted molar refractivity (Wildman–Crippen MR) is 117 cm³/mol. The Morgan fingerprint density at radius 1 is 1.10 bits per heavy atom. The molecular formula is C22H26N6O2. The molecule has 0 radical (unpaired) electrons. The van der Waals surface area contributed by atoms with Crippen LogP contribution in [0.2, 0.25) is 0 Å². The first-order valence-corrected chi connectivity index (χ1v) is 10.1. The summed E-state index contributed by atoms with van der Waals surface area (Å²) in [5, 5.41) is 3.37. The van der Waals surface area contributed by atoms with Gasteiger partial charge in [-0.15, -0.1) is 0 Å². The van der Waals surface area contributed by atoms with Gasteiger partial charge < -0.3 is 15.1 Å². The molecule has 1 aliphatic heterocycles. The average molecular weight is 406 g/mol. The third-order valence-electron chi connectivity index (χ3n) is 5.50. The Morgan fingerprint density at radius 3 is 2.63 bits per heavy atom. The van der Waals surface area contributed by atoms with Gasteiger partial charge in [-0.25, -0.2) is 9.97 Å². The first kappa shape index (κ1) is 20.0. The maximum absolute atomic E-state index is 12.6. The lowest BCUT2D eigenvalue weighted by molar-refractivity contribution is -0.121. The number of pyridine rings is 1. The number of para-hydroxylation sites is 1. The van der Waals surface area contributed by atoms with Gasteiger partial charge in [0.25, 0.3) is 5.56 Å². The third kappa shape index (κ3) is 4.33. The molecule has 1 aliphatic rings. The molecule has 8 heteroatoms. The minimum absolute atomic E-state index is 0.0669.